The van der Waals surface area contributed by atoms with Crippen molar-refractivity contribution in [2.45, 2.75) is 18.9 Å². The van der Waals surface area contributed by atoms with E-state index in [1.165, 1.54) is 17.2 Å². The van der Waals surface area contributed by atoms with Crippen LogP contribution in [0.4, 0.5) is 0 Å². The number of nitrogens with zero attached hydrogens (tertiary/aromatic N) is 1. The molecule has 0 amide bonds. The summed E-state index contributed by atoms with van der Waals surface area (Å²) in [4.78, 5) is 13.7. The van der Waals surface area contributed by atoms with Crippen LogP contribution in [0.15, 0.2) is 41.3 Å². The zero-order valence-corrected chi connectivity index (χ0v) is 10.0. The fraction of sp³-hybridized carbons (Fsp3) is 0.231. The Labute approximate surface area is 104 Å². The van der Waals surface area contributed by atoms with Crippen molar-refractivity contribution in [2.75, 3.05) is 0 Å². The summed E-state index contributed by atoms with van der Waals surface area (Å²) in [5.74, 6) is 0.517. The Bertz CT molecular complexity index is 671. The molecule has 1 heterocycles. The smallest absolute Gasteiger partial charge is 0.251 e. The fourth-order valence-electron chi connectivity index (χ4n) is 2.35. The van der Waals surface area contributed by atoms with Crippen molar-refractivity contribution >= 4 is 12.2 Å². The number of aromatic amines is 1. The number of hydrogen-bond donors (Lipinski definition) is 1. The lowest BCUT2D eigenvalue weighted by atomic mass is 9.77. The highest BCUT2D eigenvalue weighted by molar-refractivity contribution is 7.71. The molecule has 3 nitrogen and oxygen atoms in total. The van der Waals surface area contributed by atoms with E-state index in [2.05, 4.69) is 29.2 Å². The Hall–Kier alpha value is -1.68. The number of nitrogens with one attached hydrogen (secondary N) is 1. The molecule has 0 bridgehead atoms. The van der Waals surface area contributed by atoms with Gasteiger partial charge >= 0.3 is 0 Å². The van der Waals surface area contributed by atoms with Crippen LogP contribution in [-0.4, -0.2) is 9.55 Å². The van der Waals surface area contributed by atoms with E-state index < -0.39 is 0 Å². The number of benzene rings is 1. The van der Waals surface area contributed by atoms with Gasteiger partial charge in [-0.25, -0.2) is 0 Å². The Balaban J connectivity index is 1.87. The molecule has 1 aromatic carbocycles. The summed E-state index contributed by atoms with van der Waals surface area (Å²) < 4.78 is 2.43. The highest BCUT2D eigenvalue weighted by Gasteiger charge is 2.25. The van der Waals surface area contributed by atoms with Crippen molar-refractivity contribution in [3.63, 3.8) is 0 Å². The van der Waals surface area contributed by atoms with Crippen LogP contribution < -0.4 is 5.56 Å². The lowest BCUT2D eigenvalue weighted by molar-refractivity contribution is 0.498. The monoisotopic (exact) mass is 244 g/mol. The highest BCUT2D eigenvalue weighted by atomic mass is 32.1. The molecule has 0 saturated heterocycles. The highest BCUT2D eigenvalue weighted by Crippen LogP contribution is 2.35. The van der Waals surface area contributed by atoms with E-state index in [-0.39, 0.29) is 5.56 Å². The Kier molecular flexibility index (Phi) is 2.44. The Morgan fingerprint density at radius 3 is 2.94 bits per heavy atom. The summed E-state index contributed by atoms with van der Waals surface area (Å²) in [5, 5.41) is 0. The summed E-state index contributed by atoms with van der Waals surface area (Å²) in [6.45, 7) is 0.840. The largest absolute Gasteiger partial charge is 0.325 e. The van der Waals surface area contributed by atoms with Crippen molar-refractivity contribution in [3.8, 4) is 0 Å². The maximum absolute atomic E-state index is 11.1. The van der Waals surface area contributed by atoms with E-state index in [4.69, 9.17) is 12.2 Å². The molecule has 86 valence electrons. The molecule has 3 rings (SSSR count). The first-order valence-corrected chi connectivity index (χ1v) is 6.02. The Morgan fingerprint density at radius 2 is 2.18 bits per heavy atom. The normalized spacial score (nSPS) is 17.3. The lowest BCUT2D eigenvalue weighted by Gasteiger charge is -2.30. The first-order chi connectivity index (χ1) is 8.24. The van der Waals surface area contributed by atoms with Crippen LogP contribution >= 0.6 is 12.2 Å². The maximum atomic E-state index is 11.1. The third-order valence-corrected chi connectivity index (χ3v) is 3.61. The second kappa shape index (κ2) is 3.96. The van der Waals surface area contributed by atoms with Crippen LogP contribution in [0.5, 0.6) is 0 Å². The number of H-pyrrole nitrogens is 1. The van der Waals surface area contributed by atoms with Gasteiger partial charge < -0.3 is 4.57 Å². The molecule has 4 heteroatoms. The molecule has 0 spiro atoms. The van der Waals surface area contributed by atoms with Gasteiger partial charge in [-0.05, 0) is 29.8 Å². The van der Waals surface area contributed by atoms with Gasteiger partial charge in [0.05, 0.1) is 0 Å². The van der Waals surface area contributed by atoms with Gasteiger partial charge in [-0.3, -0.25) is 9.78 Å². The van der Waals surface area contributed by atoms with Crippen LogP contribution in [-0.2, 0) is 13.0 Å². The van der Waals surface area contributed by atoms with Crippen molar-refractivity contribution < 1.29 is 0 Å². The third-order valence-electron chi connectivity index (χ3n) is 3.28. The first-order valence-electron chi connectivity index (χ1n) is 5.61. The summed E-state index contributed by atoms with van der Waals surface area (Å²) in [6.07, 6.45) is 2.86. The molecule has 1 aliphatic carbocycles. The number of hydrogen-bond acceptors (Lipinski definition) is 2. The number of aromatic nitrogens is 2. The van der Waals surface area contributed by atoms with Gasteiger partial charge in [0.25, 0.3) is 5.56 Å². The summed E-state index contributed by atoms with van der Waals surface area (Å²) in [5.41, 5.74) is 2.69. The minimum absolute atomic E-state index is 0.139. The molecule has 2 aromatic rings. The van der Waals surface area contributed by atoms with Crippen molar-refractivity contribution in [1.29, 1.82) is 0 Å². The molecule has 1 N–H and O–H groups in total. The van der Waals surface area contributed by atoms with Crippen LogP contribution in [0.3, 0.4) is 0 Å². The predicted molar refractivity (Wildman–Crippen MR) is 68.8 cm³/mol. The van der Waals surface area contributed by atoms with E-state index in [1.54, 1.807) is 6.20 Å². The molecule has 0 aliphatic heterocycles. The van der Waals surface area contributed by atoms with Crippen molar-refractivity contribution in [2.24, 2.45) is 0 Å². The molecule has 0 saturated carbocycles. The third kappa shape index (κ3) is 1.85. The summed E-state index contributed by atoms with van der Waals surface area (Å²) in [7, 11) is 0. The lowest BCUT2D eigenvalue weighted by Crippen LogP contribution is -2.23. The van der Waals surface area contributed by atoms with Crippen LogP contribution in [0.2, 0.25) is 0 Å². The molecule has 1 unspecified atom stereocenters. The SMILES string of the molecule is O=c1ccn(CC2Cc3ccccc32)c(=S)[nH]1. The number of fused-ring (bicyclic) bond motifs is 1. The van der Waals surface area contributed by atoms with Crippen molar-refractivity contribution in [3.05, 3.63) is 62.8 Å². The van der Waals surface area contributed by atoms with Gasteiger partial charge in [-0.1, -0.05) is 24.3 Å². The zero-order chi connectivity index (χ0) is 11.8. The van der Waals surface area contributed by atoms with Gasteiger partial charge in [0.2, 0.25) is 0 Å². The quantitative estimate of drug-likeness (QED) is 0.823. The van der Waals surface area contributed by atoms with E-state index in [9.17, 15) is 4.79 Å². The standard InChI is InChI=1S/C13H12N2OS/c16-12-5-6-15(13(17)14-12)8-10-7-9-3-1-2-4-11(9)10/h1-6,10H,7-8H2,(H,14,16,17). The molecule has 0 radical (unpaired) electrons. The molecular weight excluding hydrogens is 232 g/mol. The van der Waals surface area contributed by atoms with Gasteiger partial charge in [0.1, 0.15) is 0 Å². The van der Waals surface area contributed by atoms with E-state index in [1.807, 2.05) is 4.57 Å². The van der Waals surface area contributed by atoms with Crippen LogP contribution in [0.1, 0.15) is 17.0 Å². The van der Waals surface area contributed by atoms with E-state index in [0.29, 0.717) is 10.7 Å². The average Bonchev–Trinajstić information content (AvgIpc) is 2.28. The predicted octanol–water partition coefficient (Wildman–Crippen LogP) is 2.25. The zero-order valence-electron chi connectivity index (χ0n) is 9.22. The maximum Gasteiger partial charge on any atom is 0.251 e. The summed E-state index contributed by atoms with van der Waals surface area (Å²) >= 11 is 5.14. The molecule has 1 aromatic heterocycles. The van der Waals surface area contributed by atoms with Gasteiger partial charge in [0.15, 0.2) is 4.77 Å². The van der Waals surface area contributed by atoms with Crippen LogP contribution in [0.25, 0.3) is 0 Å². The van der Waals surface area contributed by atoms with Crippen molar-refractivity contribution in [1.82, 2.24) is 9.55 Å². The topological polar surface area (TPSA) is 37.8 Å². The van der Waals surface area contributed by atoms with Gasteiger partial charge in [0, 0.05) is 24.7 Å². The fourth-order valence-corrected chi connectivity index (χ4v) is 2.59. The van der Waals surface area contributed by atoms with Gasteiger partial charge in [-0.2, -0.15) is 0 Å². The second-order valence-corrected chi connectivity index (χ2v) is 4.75. The molecule has 1 atom stereocenters. The second-order valence-electron chi connectivity index (χ2n) is 4.36. The molecule has 1 aliphatic rings. The molecule has 0 fully saturated rings. The van der Waals surface area contributed by atoms with E-state index >= 15 is 0 Å². The average molecular weight is 244 g/mol. The van der Waals surface area contributed by atoms with E-state index in [0.717, 1.165) is 13.0 Å². The minimum atomic E-state index is -0.139. The van der Waals surface area contributed by atoms with Crippen LogP contribution in [0, 0.1) is 4.77 Å². The van der Waals surface area contributed by atoms with Gasteiger partial charge in [-0.15, -0.1) is 0 Å². The summed E-state index contributed by atoms with van der Waals surface area (Å²) in [6, 6.07) is 9.98. The number of rotatable bonds is 2. The minimum Gasteiger partial charge on any atom is -0.325 e. The molecule has 17 heavy (non-hydrogen) atoms. The molecular formula is C13H12N2OS. The first kappa shape index (κ1) is 10.5. The Morgan fingerprint density at radius 1 is 1.35 bits per heavy atom.